The van der Waals surface area contributed by atoms with Crippen molar-refractivity contribution in [3.8, 4) is 11.6 Å². The van der Waals surface area contributed by atoms with Crippen LogP contribution in [0.15, 0.2) is 90.5 Å². The van der Waals surface area contributed by atoms with Gasteiger partial charge in [0, 0.05) is 11.6 Å². The molecule has 3 aromatic carbocycles. The van der Waals surface area contributed by atoms with Crippen molar-refractivity contribution in [1.29, 1.82) is 0 Å². The van der Waals surface area contributed by atoms with Crippen LogP contribution < -0.4 is 134 Å². The van der Waals surface area contributed by atoms with Crippen LogP contribution in [0.4, 0.5) is 34.6 Å². The maximum atomic E-state index is 13.1. The Morgan fingerprint density at radius 1 is 0.696 bits per heavy atom. The molecule has 0 fully saturated rings. The second-order valence-electron chi connectivity index (χ2n) is 10.0. The van der Waals surface area contributed by atoms with E-state index in [0.717, 1.165) is 47.1 Å². The molecule has 22 nitrogen and oxygen atoms in total. The zero-order valence-corrected chi connectivity index (χ0v) is 41.3. The molecule has 0 unspecified atom stereocenters. The van der Waals surface area contributed by atoms with Gasteiger partial charge in [-0.15, -0.1) is 10.2 Å². The van der Waals surface area contributed by atoms with Gasteiger partial charge < -0.3 is 29.4 Å². The van der Waals surface area contributed by atoms with Crippen LogP contribution in [0.1, 0.15) is 5.69 Å². The van der Waals surface area contributed by atoms with Gasteiger partial charge in [0.1, 0.15) is 46.6 Å². The van der Waals surface area contributed by atoms with E-state index in [1.807, 2.05) is 0 Å². The summed E-state index contributed by atoms with van der Waals surface area (Å²) in [5.74, 6) is -1.87. The predicted molar refractivity (Wildman–Crippen MR) is 170 cm³/mol. The number of hydrogen-bond acceptors (Lipinski definition) is 20. The van der Waals surface area contributed by atoms with Gasteiger partial charge in [-0.2, -0.15) is 28.5 Å². The normalized spacial score (nSPS) is 11.8. The third-order valence-electron chi connectivity index (χ3n) is 6.47. The monoisotopic (exact) mass is 905 g/mol. The number of halogens is 1. The average molecular weight is 906 g/mol. The third-order valence-corrected chi connectivity index (χ3v) is 10.1. The van der Waals surface area contributed by atoms with Crippen molar-refractivity contribution >= 4 is 86.7 Å². The first-order chi connectivity index (χ1) is 24.0. The quantitative estimate of drug-likeness (QED) is 0.0629. The molecule has 2 aromatic heterocycles. The first kappa shape index (κ1) is 52.8. The summed E-state index contributed by atoms with van der Waals surface area (Å²) >= 11 is 5.96. The summed E-state index contributed by atoms with van der Waals surface area (Å²) in [7, 11) is -20.1. The molecule has 0 amide bonds. The molecule has 56 heavy (non-hydrogen) atoms. The van der Waals surface area contributed by atoms with Gasteiger partial charge in [-0.3, -0.25) is 4.55 Å². The van der Waals surface area contributed by atoms with E-state index in [0.29, 0.717) is 18.2 Å². The summed E-state index contributed by atoms with van der Waals surface area (Å²) in [5, 5.41) is 29.0. The number of nitrogens with zero attached hydrogens (tertiary/aromatic N) is 7. The molecular formula is C25H16ClN9Na4O13S4. The smallest absolute Gasteiger partial charge is 0.857 e. The number of aryl methyl sites for hydroxylation is 1. The molecule has 0 spiro atoms. The molecule has 0 saturated carbocycles. The minimum atomic E-state index is -5.23. The molecule has 3 N–H and O–H groups in total. The van der Waals surface area contributed by atoms with Crippen LogP contribution in [0.3, 0.4) is 0 Å². The van der Waals surface area contributed by atoms with Gasteiger partial charge >= 0.3 is 118 Å². The minimum absolute atomic E-state index is 0. The summed E-state index contributed by atoms with van der Waals surface area (Å²) in [6.07, 6.45) is 0. The maximum Gasteiger partial charge on any atom is 1.00 e. The molecule has 5 aromatic rings. The standard InChI is InChI=1S/C25H20ClN9O13S4.4Na/c1-12-21(22(36)35(34-12)14-3-5-15(6-4-14)49(37,38)39)33-32-18-10-13(2-8-20(18)52(46,47)48)27-24-29-23(26)30-25(31-24)28-17-11-16(50(40,41)42)7-9-19(17)51(43,44)45;;;;/h2-11,36H,1H3,(H,37,38,39)(H,40,41,42)(H,43,44,45)(H,46,47,48)(H2,27,28,29,30,31);;;;/q;4*+1/p-4. The second kappa shape index (κ2) is 20.4. The predicted octanol–water partition coefficient (Wildman–Crippen LogP) is -10.0. The van der Waals surface area contributed by atoms with Crippen molar-refractivity contribution in [2.75, 3.05) is 10.6 Å². The Balaban J connectivity index is 0.00000392. The van der Waals surface area contributed by atoms with Crippen molar-refractivity contribution in [2.24, 2.45) is 10.2 Å². The zero-order valence-electron chi connectivity index (χ0n) is 29.3. The van der Waals surface area contributed by atoms with Gasteiger partial charge in [-0.1, -0.05) is 0 Å². The van der Waals surface area contributed by atoms with Crippen LogP contribution in [0, 0.1) is 6.92 Å². The van der Waals surface area contributed by atoms with Crippen LogP contribution in [-0.4, -0.2) is 76.6 Å². The van der Waals surface area contributed by atoms with Gasteiger partial charge in [0.05, 0.1) is 31.8 Å². The van der Waals surface area contributed by atoms with Crippen LogP contribution in [-0.2, 0) is 40.5 Å². The van der Waals surface area contributed by atoms with Crippen molar-refractivity contribution in [1.82, 2.24) is 24.7 Å². The number of anilines is 4. The van der Waals surface area contributed by atoms with Gasteiger partial charge in [0.25, 0.3) is 10.1 Å². The number of hydrogen-bond donors (Lipinski definition) is 3. The first-order valence-electron chi connectivity index (χ1n) is 13.4. The van der Waals surface area contributed by atoms with Crippen LogP contribution in [0.2, 0.25) is 5.28 Å². The number of aromatic nitrogens is 5. The van der Waals surface area contributed by atoms with E-state index in [4.69, 9.17) is 11.6 Å². The first-order valence-corrected chi connectivity index (χ1v) is 19.4. The fourth-order valence-corrected chi connectivity index (χ4v) is 6.57. The Morgan fingerprint density at radius 3 is 1.77 bits per heavy atom. The van der Waals surface area contributed by atoms with Gasteiger partial charge in [-0.25, -0.2) is 29.9 Å². The largest absolute Gasteiger partial charge is 1.00 e. The molecule has 0 aliphatic rings. The summed E-state index contributed by atoms with van der Waals surface area (Å²) in [4.78, 5) is 8.24. The van der Waals surface area contributed by atoms with Crippen molar-refractivity contribution in [3.05, 3.63) is 71.6 Å². The SMILES string of the molecule is Cc1nn(-c2ccc(S(=O)(=O)[O-])cc2)c([O-])c1N=Nc1cc(Nc2nc(Cl)nc(Nc3cc(S(=O)(=O)[O-])ccc3S(=O)(=O)[O-])n2)ccc1S(=O)(=O)O.[Na+].[Na+].[Na+].[Na+]. The molecule has 5 rings (SSSR count). The zero-order chi connectivity index (χ0) is 38.4. The van der Waals surface area contributed by atoms with E-state index < -0.39 is 100 Å². The molecule has 31 heteroatoms. The third kappa shape index (κ3) is 13.2. The van der Waals surface area contributed by atoms with Gasteiger partial charge in [0.2, 0.25) is 17.2 Å². The molecule has 0 aliphatic heterocycles. The molecular weight excluding hydrogens is 890 g/mol. The average Bonchev–Trinajstić information content (AvgIpc) is 3.30. The topological polar surface area (TPSA) is 354 Å². The van der Waals surface area contributed by atoms with Crippen molar-refractivity contribution < 1.29 is 175 Å². The van der Waals surface area contributed by atoms with Crippen molar-refractivity contribution in [3.63, 3.8) is 0 Å². The molecule has 2 heterocycles. The van der Waals surface area contributed by atoms with Crippen molar-refractivity contribution in [2.45, 2.75) is 26.5 Å². The molecule has 0 atom stereocenters. The molecule has 0 aliphatic carbocycles. The number of benzene rings is 3. The van der Waals surface area contributed by atoms with E-state index in [9.17, 15) is 57.0 Å². The Hall–Kier alpha value is -1.19. The maximum absolute atomic E-state index is 13.1. The second-order valence-corrected chi connectivity index (χ2v) is 15.9. The van der Waals surface area contributed by atoms with E-state index in [-0.39, 0.29) is 135 Å². The number of azo groups is 1. The minimum Gasteiger partial charge on any atom is -0.857 e. The van der Waals surface area contributed by atoms with Crippen LogP contribution >= 0.6 is 11.6 Å². The molecule has 0 radical (unpaired) electrons. The molecule has 0 bridgehead atoms. The van der Waals surface area contributed by atoms with Gasteiger partial charge in [-0.05, 0) is 79.2 Å². The fraction of sp³-hybridized carbons (Fsp3) is 0.0400. The summed E-state index contributed by atoms with van der Waals surface area (Å²) in [6.45, 7) is 1.35. The van der Waals surface area contributed by atoms with Crippen LogP contribution in [0.25, 0.3) is 5.69 Å². The molecule has 0 saturated heterocycles. The van der Waals surface area contributed by atoms with Gasteiger partial charge in [0.15, 0.2) is 0 Å². The van der Waals surface area contributed by atoms with E-state index in [1.54, 1.807) is 0 Å². The summed E-state index contributed by atoms with van der Waals surface area (Å²) in [6, 6.07) is 8.92. The summed E-state index contributed by atoms with van der Waals surface area (Å²) in [5.41, 5.74) is -1.66. The summed E-state index contributed by atoms with van der Waals surface area (Å²) < 4.78 is 138. The van der Waals surface area contributed by atoms with E-state index >= 15 is 0 Å². The number of nitrogens with one attached hydrogen (secondary N) is 2. The Labute approximate surface area is 411 Å². The Bertz CT molecular complexity index is 2750. The fourth-order valence-electron chi connectivity index (χ4n) is 4.23. The van der Waals surface area contributed by atoms with E-state index in [2.05, 4.69) is 40.9 Å². The Kier molecular flexibility index (Phi) is 19.2. The Morgan fingerprint density at radius 2 is 1.23 bits per heavy atom. The number of rotatable bonds is 11. The van der Waals surface area contributed by atoms with E-state index in [1.165, 1.54) is 6.92 Å². The van der Waals surface area contributed by atoms with Crippen LogP contribution in [0.5, 0.6) is 5.88 Å². The molecule has 274 valence electrons.